The number of aromatic nitrogens is 5. The Labute approximate surface area is 186 Å². The van der Waals surface area contributed by atoms with Gasteiger partial charge in [0.15, 0.2) is 0 Å². The largest absolute Gasteiger partial charge is 0.331 e. The van der Waals surface area contributed by atoms with Crippen molar-refractivity contribution in [3.8, 4) is 11.3 Å². The number of hydrogen-bond acceptors (Lipinski definition) is 5. The first-order valence-corrected chi connectivity index (χ1v) is 9.90. The van der Waals surface area contributed by atoms with Crippen LogP contribution in [0.5, 0.6) is 0 Å². The second-order valence-corrected chi connectivity index (χ2v) is 7.05. The van der Waals surface area contributed by atoms with Gasteiger partial charge < -0.3 is 9.97 Å². The Morgan fingerprint density at radius 3 is 2.42 bits per heavy atom. The number of carbonyl (C=O) groups excluding carboxylic acids is 2. The van der Waals surface area contributed by atoms with Crippen LogP contribution >= 0.6 is 0 Å². The van der Waals surface area contributed by atoms with Gasteiger partial charge in [-0.1, -0.05) is 12.1 Å². The molecule has 4 N–H and O–H groups in total. The first-order valence-electron chi connectivity index (χ1n) is 9.90. The molecule has 10 heteroatoms. The third kappa shape index (κ3) is 4.17. The van der Waals surface area contributed by atoms with Crippen molar-refractivity contribution in [3.05, 3.63) is 90.1 Å². The van der Waals surface area contributed by atoms with Gasteiger partial charge in [0, 0.05) is 18.0 Å². The molecule has 0 atom stereocenters. The molecule has 162 valence electrons. The molecule has 5 aromatic rings. The van der Waals surface area contributed by atoms with Crippen molar-refractivity contribution in [2.45, 2.75) is 0 Å². The van der Waals surface area contributed by atoms with Crippen LogP contribution in [0.15, 0.2) is 73.1 Å². The molecule has 0 unspecified atom stereocenters. The molecule has 33 heavy (non-hydrogen) atoms. The summed E-state index contributed by atoms with van der Waals surface area (Å²) in [5.74, 6) is -0.752. The molecule has 0 spiro atoms. The monoisotopic (exact) mass is 441 g/mol. The van der Waals surface area contributed by atoms with Crippen LogP contribution in [0.4, 0.5) is 16.3 Å². The number of nitrogens with one attached hydrogen (secondary N) is 4. The number of benzene rings is 2. The Balaban J connectivity index is 1.38. The van der Waals surface area contributed by atoms with E-state index in [0.29, 0.717) is 33.8 Å². The van der Waals surface area contributed by atoms with E-state index in [2.05, 4.69) is 35.6 Å². The number of anilines is 2. The summed E-state index contributed by atoms with van der Waals surface area (Å²) < 4.78 is 13.2. The molecular formula is C23H16FN7O2. The number of imidazole rings is 2. The summed E-state index contributed by atoms with van der Waals surface area (Å²) in [6.07, 6.45) is 3.12. The SMILES string of the molecule is O=C(Nc1nc2c(C(=O)Nc3ncc[nH]3)cccc2[nH]1)c1cccc(-c2ccc(F)cc2)n1. The smallest absolute Gasteiger partial charge is 0.276 e. The minimum Gasteiger partial charge on any atom is -0.331 e. The van der Waals surface area contributed by atoms with Crippen molar-refractivity contribution in [1.82, 2.24) is 24.9 Å². The van der Waals surface area contributed by atoms with Crippen molar-refractivity contribution >= 4 is 34.7 Å². The molecule has 2 aromatic carbocycles. The number of hydrogen-bond donors (Lipinski definition) is 4. The highest BCUT2D eigenvalue weighted by Gasteiger charge is 2.17. The van der Waals surface area contributed by atoms with E-state index >= 15 is 0 Å². The Morgan fingerprint density at radius 1 is 0.848 bits per heavy atom. The molecule has 3 aromatic heterocycles. The number of H-pyrrole nitrogens is 2. The van der Waals surface area contributed by atoms with Crippen molar-refractivity contribution in [2.24, 2.45) is 0 Å². The lowest BCUT2D eigenvalue weighted by molar-refractivity contribution is 0.101. The van der Waals surface area contributed by atoms with Crippen molar-refractivity contribution in [3.63, 3.8) is 0 Å². The van der Waals surface area contributed by atoms with Crippen LogP contribution < -0.4 is 10.6 Å². The number of carbonyl (C=O) groups is 2. The van der Waals surface area contributed by atoms with Crippen molar-refractivity contribution in [1.29, 1.82) is 0 Å². The topological polar surface area (TPSA) is 128 Å². The third-order valence-electron chi connectivity index (χ3n) is 4.84. The Bertz CT molecular complexity index is 1460. The zero-order chi connectivity index (χ0) is 22.8. The second kappa shape index (κ2) is 8.35. The van der Waals surface area contributed by atoms with Gasteiger partial charge in [0.2, 0.25) is 11.9 Å². The lowest BCUT2D eigenvalue weighted by Crippen LogP contribution is -2.15. The van der Waals surface area contributed by atoms with E-state index in [1.54, 1.807) is 54.7 Å². The minimum atomic E-state index is -0.486. The van der Waals surface area contributed by atoms with Crippen LogP contribution in [0.3, 0.4) is 0 Å². The lowest BCUT2D eigenvalue weighted by atomic mass is 10.1. The molecule has 0 saturated heterocycles. The number of fused-ring (bicyclic) bond motifs is 1. The standard InChI is InChI=1S/C23H16FN7O2/c24-14-9-7-13(8-10-14)16-4-2-6-18(27-16)21(33)31-23-28-17-5-1-3-15(19(17)29-23)20(32)30-22-25-11-12-26-22/h1-12H,(H2,25,26,30,32)(H2,28,29,31,33). The van der Waals surface area contributed by atoms with Gasteiger partial charge >= 0.3 is 0 Å². The summed E-state index contributed by atoms with van der Waals surface area (Å²) in [7, 11) is 0. The highest BCUT2D eigenvalue weighted by atomic mass is 19.1. The van der Waals surface area contributed by atoms with Gasteiger partial charge in [0.05, 0.1) is 16.8 Å². The van der Waals surface area contributed by atoms with E-state index in [9.17, 15) is 14.0 Å². The fourth-order valence-electron chi connectivity index (χ4n) is 3.30. The molecule has 0 aliphatic rings. The van der Waals surface area contributed by atoms with E-state index in [4.69, 9.17) is 0 Å². The fraction of sp³-hybridized carbons (Fsp3) is 0. The first-order chi connectivity index (χ1) is 16.1. The summed E-state index contributed by atoms with van der Waals surface area (Å²) in [6.45, 7) is 0. The van der Waals surface area contributed by atoms with Crippen molar-refractivity contribution < 1.29 is 14.0 Å². The first kappa shape index (κ1) is 20.1. The fourth-order valence-corrected chi connectivity index (χ4v) is 3.30. The molecule has 0 fully saturated rings. The maximum Gasteiger partial charge on any atom is 0.276 e. The predicted octanol–water partition coefficient (Wildman–Crippen LogP) is 3.99. The maximum absolute atomic E-state index is 13.2. The molecule has 5 rings (SSSR count). The number of pyridine rings is 1. The number of rotatable bonds is 5. The van der Waals surface area contributed by atoms with E-state index < -0.39 is 11.8 Å². The number of nitrogens with zero attached hydrogens (tertiary/aromatic N) is 3. The summed E-state index contributed by atoms with van der Waals surface area (Å²) >= 11 is 0. The number of aromatic amines is 2. The molecule has 0 saturated carbocycles. The lowest BCUT2D eigenvalue weighted by Gasteiger charge is -2.05. The maximum atomic E-state index is 13.2. The van der Waals surface area contributed by atoms with E-state index in [0.717, 1.165) is 0 Å². The van der Waals surface area contributed by atoms with Gasteiger partial charge in [-0.2, -0.15) is 0 Å². The normalized spacial score (nSPS) is 10.8. The van der Waals surface area contributed by atoms with Gasteiger partial charge in [-0.3, -0.25) is 20.2 Å². The van der Waals surface area contributed by atoms with Crippen LogP contribution in [0.25, 0.3) is 22.3 Å². The van der Waals surface area contributed by atoms with Gasteiger partial charge in [-0.25, -0.2) is 19.3 Å². The Hall–Kier alpha value is -4.86. The molecular weight excluding hydrogens is 425 g/mol. The zero-order valence-electron chi connectivity index (χ0n) is 17.0. The second-order valence-electron chi connectivity index (χ2n) is 7.05. The van der Waals surface area contributed by atoms with Gasteiger partial charge in [0.1, 0.15) is 17.0 Å². The zero-order valence-corrected chi connectivity index (χ0v) is 17.0. The predicted molar refractivity (Wildman–Crippen MR) is 120 cm³/mol. The number of amides is 2. The molecule has 2 amide bonds. The highest BCUT2D eigenvalue weighted by Crippen LogP contribution is 2.21. The van der Waals surface area contributed by atoms with Crippen LogP contribution in [0.1, 0.15) is 20.8 Å². The van der Waals surface area contributed by atoms with Crippen LogP contribution in [-0.2, 0) is 0 Å². The molecule has 0 bridgehead atoms. The molecule has 9 nitrogen and oxygen atoms in total. The highest BCUT2D eigenvalue weighted by molar-refractivity contribution is 6.11. The third-order valence-corrected chi connectivity index (χ3v) is 4.84. The van der Waals surface area contributed by atoms with Crippen molar-refractivity contribution in [2.75, 3.05) is 10.6 Å². The number of para-hydroxylation sites is 1. The van der Waals surface area contributed by atoms with Crippen LogP contribution in [-0.4, -0.2) is 36.7 Å². The molecule has 3 heterocycles. The minimum absolute atomic E-state index is 0.160. The van der Waals surface area contributed by atoms with E-state index in [1.165, 1.54) is 18.3 Å². The summed E-state index contributed by atoms with van der Waals surface area (Å²) in [5.41, 5.74) is 2.66. The molecule has 0 radical (unpaired) electrons. The van der Waals surface area contributed by atoms with Gasteiger partial charge in [-0.15, -0.1) is 0 Å². The summed E-state index contributed by atoms with van der Waals surface area (Å²) in [5, 5.41) is 5.32. The average Bonchev–Trinajstić information content (AvgIpc) is 3.48. The van der Waals surface area contributed by atoms with E-state index in [1.807, 2.05) is 0 Å². The van der Waals surface area contributed by atoms with Crippen LogP contribution in [0, 0.1) is 5.82 Å². The molecule has 0 aliphatic heterocycles. The van der Waals surface area contributed by atoms with Gasteiger partial charge in [-0.05, 0) is 48.5 Å². The average molecular weight is 441 g/mol. The molecule has 0 aliphatic carbocycles. The Morgan fingerprint density at radius 2 is 1.64 bits per heavy atom. The van der Waals surface area contributed by atoms with Crippen LogP contribution in [0.2, 0.25) is 0 Å². The Kier molecular flexibility index (Phi) is 5.07. The summed E-state index contributed by atoms with van der Waals surface area (Å²) in [4.78, 5) is 43.9. The van der Waals surface area contributed by atoms with Gasteiger partial charge in [0.25, 0.3) is 11.8 Å². The summed E-state index contributed by atoms with van der Waals surface area (Å²) in [6, 6.07) is 15.9. The number of halogens is 1. The quantitative estimate of drug-likeness (QED) is 0.328. The van der Waals surface area contributed by atoms with E-state index in [-0.39, 0.29) is 17.5 Å².